The molecule has 0 amide bonds. The summed E-state index contributed by atoms with van der Waals surface area (Å²) in [5, 5.41) is 38.9. The Morgan fingerprint density at radius 1 is 0.707 bits per heavy atom. The summed E-state index contributed by atoms with van der Waals surface area (Å²) >= 11 is 0. The van der Waals surface area contributed by atoms with Crippen LogP contribution in [0.15, 0.2) is 97.1 Å². The lowest BCUT2D eigenvalue weighted by Gasteiger charge is -2.08. The number of carboxylic acids is 2. The molecule has 218 valence electrons. The van der Waals surface area contributed by atoms with Gasteiger partial charge in [0.2, 0.25) is 0 Å². The van der Waals surface area contributed by atoms with E-state index in [2.05, 4.69) is 5.32 Å². The molecule has 0 saturated heterocycles. The molecule has 4 rings (SSSR count). The highest BCUT2D eigenvalue weighted by atomic mass is 16.4. The van der Waals surface area contributed by atoms with Gasteiger partial charge in [-0.3, -0.25) is 4.79 Å². The predicted octanol–water partition coefficient (Wildman–Crippen LogP) is 6.93. The van der Waals surface area contributed by atoms with Gasteiger partial charge in [0.25, 0.3) is 0 Å². The topological polar surface area (TPSA) is 170 Å². The lowest BCUT2D eigenvalue weighted by molar-refractivity contribution is 0.0682. The number of hydrogen-bond acceptors (Lipinski definition) is 7. The van der Waals surface area contributed by atoms with Gasteiger partial charge in [0.1, 0.15) is 28.9 Å². The first-order valence-electron chi connectivity index (χ1n) is 12.9. The number of carbonyl (C=O) groups excluding carboxylic acids is 1. The Kier molecular flexibility index (Phi) is 18.0. The lowest BCUT2D eigenvalue weighted by atomic mass is 10.1. The zero-order valence-corrected chi connectivity index (χ0v) is 23.6. The largest absolute Gasteiger partial charge is 0.507 e. The minimum absolute atomic E-state index is 0.0970. The van der Waals surface area contributed by atoms with Crippen LogP contribution in [0, 0.1) is 0 Å². The lowest BCUT2D eigenvalue weighted by Crippen LogP contribution is -2.01. The summed E-state index contributed by atoms with van der Waals surface area (Å²) in [6, 6.07) is 27.2. The van der Waals surface area contributed by atoms with E-state index in [0.29, 0.717) is 17.9 Å². The van der Waals surface area contributed by atoms with Crippen LogP contribution in [0.1, 0.15) is 64.3 Å². The second kappa shape index (κ2) is 20.6. The molecule has 0 aliphatic carbocycles. The number of rotatable bonds is 6. The molecule has 9 heteroatoms. The van der Waals surface area contributed by atoms with Crippen LogP contribution >= 0.6 is 0 Å². The molecule has 0 aliphatic rings. The Balaban J connectivity index is 0.000000595. The summed E-state index contributed by atoms with van der Waals surface area (Å²) in [7, 11) is 0. The van der Waals surface area contributed by atoms with E-state index < -0.39 is 11.9 Å². The molecule has 0 fully saturated rings. The van der Waals surface area contributed by atoms with Crippen molar-refractivity contribution < 1.29 is 34.8 Å². The van der Waals surface area contributed by atoms with Crippen LogP contribution in [-0.4, -0.2) is 38.7 Å². The van der Waals surface area contributed by atoms with Crippen LogP contribution in [-0.2, 0) is 6.54 Å². The summed E-state index contributed by atoms with van der Waals surface area (Å²) in [6.45, 7) is 8.62. The van der Waals surface area contributed by atoms with Crippen LogP contribution in [0.25, 0.3) is 0 Å². The molecule has 0 aliphatic heterocycles. The Hall–Kier alpha value is -5.31. The highest BCUT2D eigenvalue weighted by Crippen LogP contribution is 2.22. The van der Waals surface area contributed by atoms with Crippen molar-refractivity contribution in [2.45, 2.75) is 34.2 Å². The fraction of sp³-hybridized carbons (Fsp3) is 0.156. The Morgan fingerprint density at radius 3 is 1.59 bits per heavy atom. The average Bonchev–Trinajstić information content (AvgIpc) is 2.99. The van der Waals surface area contributed by atoms with Crippen molar-refractivity contribution >= 4 is 29.6 Å². The average molecular weight is 563 g/mol. The summed E-state index contributed by atoms with van der Waals surface area (Å²) in [5.41, 5.74) is 7.90. The molecule has 0 radical (unpaired) electrons. The van der Waals surface area contributed by atoms with Crippen molar-refractivity contribution in [3.8, 4) is 11.5 Å². The van der Waals surface area contributed by atoms with E-state index in [1.807, 2.05) is 76.2 Å². The SMILES string of the molecule is CC.CC.Nc1ccc(C(=O)O)c(O)c1.O=C(O)c1ccc(NCc2ccccc2)cc1O.O=Cc1ccccc1. The van der Waals surface area contributed by atoms with Gasteiger partial charge in [-0.15, -0.1) is 0 Å². The van der Waals surface area contributed by atoms with Gasteiger partial charge in [0, 0.05) is 35.6 Å². The number of carboxylic acid groups (broad SMARTS) is 2. The van der Waals surface area contributed by atoms with E-state index in [4.69, 9.17) is 21.1 Å². The molecule has 0 aromatic heterocycles. The molecule has 41 heavy (non-hydrogen) atoms. The monoisotopic (exact) mass is 562 g/mol. The van der Waals surface area contributed by atoms with Crippen molar-refractivity contribution in [2.24, 2.45) is 0 Å². The smallest absolute Gasteiger partial charge is 0.339 e. The number of aromatic carboxylic acids is 2. The van der Waals surface area contributed by atoms with Crippen molar-refractivity contribution in [1.29, 1.82) is 0 Å². The van der Waals surface area contributed by atoms with Gasteiger partial charge < -0.3 is 31.5 Å². The van der Waals surface area contributed by atoms with E-state index in [0.717, 1.165) is 17.4 Å². The molecule has 0 atom stereocenters. The number of nitrogen functional groups attached to an aromatic ring is 1. The molecule has 4 aromatic carbocycles. The Morgan fingerprint density at radius 2 is 1.17 bits per heavy atom. The van der Waals surface area contributed by atoms with Gasteiger partial charge in [-0.2, -0.15) is 0 Å². The van der Waals surface area contributed by atoms with Gasteiger partial charge in [0.05, 0.1) is 0 Å². The van der Waals surface area contributed by atoms with E-state index in [1.165, 1.54) is 30.3 Å². The molecule has 0 unspecified atom stereocenters. The summed E-state index contributed by atoms with van der Waals surface area (Å²) in [5.74, 6) is -2.84. The van der Waals surface area contributed by atoms with Crippen molar-refractivity contribution in [3.63, 3.8) is 0 Å². The highest BCUT2D eigenvalue weighted by Gasteiger charge is 2.09. The standard InChI is InChI=1S/C14H13NO3.C7H7NO3.C7H6O.2C2H6/c16-13-8-11(6-7-12(13)14(17)18)15-9-10-4-2-1-3-5-10;8-4-1-2-5(7(10)11)6(9)3-4;8-6-7-4-2-1-3-5-7;2*1-2/h1-8,15-16H,9H2,(H,17,18);1-3,9H,8H2,(H,10,11);1-6H;2*1-2H3. The molecule has 0 heterocycles. The Labute approximate surface area is 240 Å². The molecule has 7 N–H and O–H groups in total. The molecule has 0 bridgehead atoms. The third-order valence-electron chi connectivity index (χ3n) is 4.76. The number of aromatic hydroxyl groups is 2. The van der Waals surface area contributed by atoms with Crippen molar-refractivity contribution in [1.82, 2.24) is 0 Å². The number of nitrogens with one attached hydrogen (secondary N) is 1. The molecule has 9 nitrogen and oxygen atoms in total. The molecule has 0 spiro atoms. The van der Waals surface area contributed by atoms with Crippen LogP contribution in [0.4, 0.5) is 11.4 Å². The number of anilines is 2. The number of nitrogens with two attached hydrogens (primary N) is 1. The van der Waals surface area contributed by atoms with E-state index in [1.54, 1.807) is 18.2 Å². The molecule has 0 saturated carbocycles. The Bertz CT molecular complexity index is 1330. The van der Waals surface area contributed by atoms with Gasteiger partial charge >= 0.3 is 11.9 Å². The summed E-state index contributed by atoms with van der Waals surface area (Å²) in [4.78, 5) is 31.1. The normalized spacial score (nSPS) is 8.88. The number of carbonyl (C=O) groups is 3. The minimum Gasteiger partial charge on any atom is -0.507 e. The van der Waals surface area contributed by atoms with Crippen LogP contribution in [0.5, 0.6) is 11.5 Å². The summed E-state index contributed by atoms with van der Waals surface area (Å²) < 4.78 is 0. The maximum absolute atomic E-state index is 10.7. The van der Waals surface area contributed by atoms with Gasteiger partial charge in [0.15, 0.2) is 0 Å². The van der Waals surface area contributed by atoms with E-state index >= 15 is 0 Å². The van der Waals surface area contributed by atoms with Crippen LogP contribution in [0.3, 0.4) is 0 Å². The van der Waals surface area contributed by atoms with Crippen molar-refractivity contribution in [2.75, 3.05) is 11.1 Å². The summed E-state index contributed by atoms with van der Waals surface area (Å²) in [6.07, 6.45) is 0.833. The third-order valence-corrected chi connectivity index (χ3v) is 4.76. The zero-order chi connectivity index (χ0) is 31.2. The third kappa shape index (κ3) is 13.9. The first kappa shape index (κ1) is 35.7. The molecular formula is C32H38N2O7. The maximum atomic E-state index is 10.7. The maximum Gasteiger partial charge on any atom is 0.339 e. The van der Waals surface area contributed by atoms with Crippen LogP contribution < -0.4 is 11.1 Å². The van der Waals surface area contributed by atoms with Crippen LogP contribution in [0.2, 0.25) is 0 Å². The first-order chi connectivity index (χ1) is 19.7. The van der Waals surface area contributed by atoms with Gasteiger partial charge in [-0.25, -0.2) is 9.59 Å². The number of benzene rings is 4. The van der Waals surface area contributed by atoms with E-state index in [9.17, 15) is 19.5 Å². The zero-order valence-electron chi connectivity index (χ0n) is 23.6. The van der Waals surface area contributed by atoms with Gasteiger partial charge in [-0.05, 0) is 29.8 Å². The predicted molar refractivity (Wildman–Crippen MR) is 163 cm³/mol. The number of hydrogen-bond donors (Lipinski definition) is 6. The fourth-order valence-electron chi connectivity index (χ4n) is 2.88. The number of phenols is 2. The quantitative estimate of drug-likeness (QED) is 0.108. The second-order valence-corrected chi connectivity index (χ2v) is 7.49. The first-order valence-corrected chi connectivity index (χ1v) is 12.9. The fourth-order valence-corrected chi connectivity index (χ4v) is 2.88. The molecular weight excluding hydrogens is 524 g/mol. The number of aldehydes is 1. The van der Waals surface area contributed by atoms with Gasteiger partial charge in [-0.1, -0.05) is 88.4 Å². The second-order valence-electron chi connectivity index (χ2n) is 7.49. The van der Waals surface area contributed by atoms with E-state index in [-0.39, 0.29) is 22.6 Å². The molecule has 4 aromatic rings. The highest BCUT2D eigenvalue weighted by molar-refractivity contribution is 5.91. The minimum atomic E-state index is -1.16. The van der Waals surface area contributed by atoms with Crippen molar-refractivity contribution in [3.05, 3.63) is 119 Å².